The minimum Gasteiger partial charge on any atom is -0.462 e. The highest BCUT2D eigenvalue weighted by Gasteiger charge is 2.26. The van der Waals surface area contributed by atoms with Gasteiger partial charge in [0.2, 0.25) is 0 Å². The van der Waals surface area contributed by atoms with Crippen molar-refractivity contribution in [3.63, 3.8) is 0 Å². The average molecular weight is 374 g/mol. The number of hydrogen-bond acceptors (Lipinski definition) is 4. The van der Waals surface area contributed by atoms with Gasteiger partial charge in [0, 0.05) is 22.6 Å². The maximum atomic E-state index is 12.3. The van der Waals surface area contributed by atoms with Gasteiger partial charge in [-0.1, -0.05) is 0 Å². The number of hydrogen-bond donors (Lipinski definition) is 3. The Morgan fingerprint density at radius 3 is 2.73 bits per heavy atom. The summed E-state index contributed by atoms with van der Waals surface area (Å²) in [6.45, 7) is 5.54. The zero-order valence-corrected chi connectivity index (χ0v) is 15.3. The van der Waals surface area contributed by atoms with Gasteiger partial charge in [-0.2, -0.15) is 0 Å². The minimum atomic E-state index is -2.14. The van der Waals surface area contributed by atoms with E-state index in [1.165, 1.54) is 12.1 Å². The van der Waals surface area contributed by atoms with Crippen molar-refractivity contribution < 1.29 is 23.1 Å². The van der Waals surface area contributed by atoms with Gasteiger partial charge in [0.15, 0.2) is 11.1 Å². The summed E-state index contributed by atoms with van der Waals surface area (Å²) < 4.78 is 25.7. The molecular formula is C18H18N2O5S. The van der Waals surface area contributed by atoms with Crippen molar-refractivity contribution in [2.24, 2.45) is 0 Å². The molecule has 7 nitrogen and oxygen atoms in total. The molecule has 3 rings (SSSR count). The quantitative estimate of drug-likeness (QED) is 0.433. The molecule has 0 radical (unpaired) electrons. The number of anilines is 1. The van der Waals surface area contributed by atoms with Crippen LogP contribution in [0.2, 0.25) is 0 Å². The molecule has 0 spiro atoms. The van der Waals surface area contributed by atoms with Crippen LogP contribution in [0.5, 0.6) is 0 Å². The van der Waals surface area contributed by atoms with Gasteiger partial charge in [-0.05, 0) is 50.6 Å². The van der Waals surface area contributed by atoms with Crippen molar-refractivity contribution in [2.75, 3.05) is 11.9 Å². The van der Waals surface area contributed by atoms with Gasteiger partial charge in [0.25, 0.3) is 5.91 Å². The first-order valence-electron chi connectivity index (χ1n) is 7.98. The van der Waals surface area contributed by atoms with Crippen molar-refractivity contribution in [3.05, 3.63) is 46.3 Å². The van der Waals surface area contributed by atoms with Crippen LogP contribution in [-0.2, 0) is 20.6 Å². The number of ether oxygens (including phenoxy) is 1. The van der Waals surface area contributed by atoms with E-state index in [4.69, 9.17) is 4.74 Å². The van der Waals surface area contributed by atoms with Gasteiger partial charge < -0.3 is 19.6 Å². The van der Waals surface area contributed by atoms with Crippen molar-refractivity contribution in [1.82, 2.24) is 4.98 Å². The van der Waals surface area contributed by atoms with Crippen LogP contribution in [0.15, 0.2) is 23.1 Å². The van der Waals surface area contributed by atoms with Crippen LogP contribution < -0.4 is 5.32 Å². The highest BCUT2D eigenvalue weighted by Crippen LogP contribution is 2.35. The Kier molecular flexibility index (Phi) is 4.80. The summed E-state index contributed by atoms with van der Waals surface area (Å²) >= 11 is -2.14. The largest absolute Gasteiger partial charge is 0.462 e. The maximum absolute atomic E-state index is 12.3. The maximum Gasteiger partial charge on any atom is 0.340 e. The molecule has 0 fully saturated rings. The second-order valence-corrected chi connectivity index (χ2v) is 6.82. The number of aryl methyl sites for hydroxylation is 1. The second-order valence-electron chi connectivity index (χ2n) is 5.85. The molecule has 1 amide bonds. The van der Waals surface area contributed by atoms with E-state index in [2.05, 4.69) is 10.3 Å². The van der Waals surface area contributed by atoms with Crippen molar-refractivity contribution in [1.29, 1.82) is 0 Å². The van der Waals surface area contributed by atoms with Crippen LogP contribution in [0.4, 0.5) is 5.69 Å². The molecule has 1 aromatic heterocycles. The Balaban J connectivity index is 2.09. The lowest BCUT2D eigenvalue weighted by Gasteiger charge is -2.02. The van der Waals surface area contributed by atoms with Gasteiger partial charge >= 0.3 is 5.97 Å². The number of benzene rings is 1. The zero-order chi connectivity index (χ0) is 19.0. The molecular weight excluding hydrogens is 356 g/mol. The van der Waals surface area contributed by atoms with Crippen LogP contribution in [-0.4, -0.2) is 32.2 Å². The van der Waals surface area contributed by atoms with Gasteiger partial charge in [-0.3, -0.25) is 4.79 Å². The lowest BCUT2D eigenvalue weighted by atomic mass is 10.0. The summed E-state index contributed by atoms with van der Waals surface area (Å²) in [6.07, 6.45) is 1.64. The third kappa shape index (κ3) is 3.09. The molecule has 2 heterocycles. The minimum absolute atomic E-state index is 0.206. The lowest BCUT2D eigenvalue weighted by molar-refractivity contribution is -0.110. The molecule has 136 valence electrons. The number of carbonyl (C=O) groups excluding carboxylic acids is 2. The summed E-state index contributed by atoms with van der Waals surface area (Å²) in [5.74, 6) is -0.733. The number of H-pyrrole nitrogens is 1. The van der Waals surface area contributed by atoms with E-state index < -0.39 is 17.0 Å². The molecule has 3 N–H and O–H groups in total. The van der Waals surface area contributed by atoms with Gasteiger partial charge in [0.1, 0.15) is 0 Å². The molecule has 1 unspecified atom stereocenters. The molecule has 26 heavy (non-hydrogen) atoms. The van der Waals surface area contributed by atoms with Crippen molar-refractivity contribution >= 4 is 40.3 Å². The van der Waals surface area contributed by atoms with E-state index in [0.717, 1.165) is 0 Å². The fraction of sp³-hybridized carbons (Fsp3) is 0.222. The first kappa shape index (κ1) is 18.1. The molecule has 0 saturated heterocycles. The number of carbonyl (C=O) groups is 2. The summed E-state index contributed by atoms with van der Waals surface area (Å²) in [7, 11) is 0. The lowest BCUT2D eigenvalue weighted by Crippen LogP contribution is -2.06. The van der Waals surface area contributed by atoms with Gasteiger partial charge in [-0.15, -0.1) is 0 Å². The van der Waals surface area contributed by atoms with Crippen LogP contribution >= 0.6 is 0 Å². The predicted octanol–water partition coefficient (Wildman–Crippen LogP) is 2.88. The Labute approximate surface area is 152 Å². The third-order valence-electron chi connectivity index (χ3n) is 4.22. The van der Waals surface area contributed by atoms with E-state index in [9.17, 15) is 18.4 Å². The highest BCUT2D eigenvalue weighted by molar-refractivity contribution is 7.79. The van der Waals surface area contributed by atoms with E-state index in [1.807, 2.05) is 0 Å². The Morgan fingerprint density at radius 2 is 2.08 bits per heavy atom. The summed E-state index contributed by atoms with van der Waals surface area (Å²) in [4.78, 5) is 27.8. The Bertz CT molecular complexity index is 974. The average Bonchev–Trinajstić information content (AvgIpc) is 3.04. The van der Waals surface area contributed by atoms with Gasteiger partial charge in [-0.25, -0.2) is 9.00 Å². The van der Waals surface area contributed by atoms with Gasteiger partial charge in [0.05, 0.1) is 22.6 Å². The van der Waals surface area contributed by atoms with Crippen LogP contribution in [0, 0.1) is 13.8 Å². The zero-order valence-electron chi connectivity index (χ0n) is 14.5. The fourth-order valence-electron chi connectivity index (χ4n) is 2.99. The molecule has 0 aliphatic carbocycles. The number of fused-ring (bicyclic) bond motifs is 1. The molecule has 1 aromatic carbocycles. The summed E-state index contributed by atoms with van der Waals surface area (Å²) in [5, 5.41) is 2.72. The number of aromatic nitrogens is 1. The molecule has 0 saturated carbocycles. The number of aromatic amines is 1. The van der Waals surface area contributed by atoms with E-state index in [-0.39, 0.29) is 17.4 Å². The monoisotopic (exact) mass is 374 g/mol. The SMILES string of the molecule is CCOC(=O)c1c(C)[nH]c(C=C2C(=O)Nc3ccc(S(=O)O)cc32)c1C. The summed E-state index contributed by atoms with van der Waals surface area (Å²) in [5.41, 5.74) is 3.85. The van der Waals surface area contributed by atoms with E-state index in [1.54, 1.807) is 32.9 Å². The number of rotatable bonds is 4. The van der Waals surface area contributed by atoms with Crippen LogP contribution in [0.25, 0.3) is 11.6 Å². The Hall–Kier alpha value is -2.71. The molecule has 1 aliphatic rings. The van der Waals surface area contributed by atoms with Crippen molar-refractivity contribution in [3.8, 4) is 0 Å². The molecule has 1 atom stereocenters. The first-order chi connectivity index (χ1) is 12.3. The van der Waals surface area contributed by atoms with E-state index in [0.29, 0.717) is 39.3 Å². The molecule has 1 aliphatic heterocycles. The standard InChI is InChI=1S/C18H18N2O5S/c1-4-25-18(22)16-9(2)15(19-10(16)3)8-13-12-7-11(26(23)24)5-6-14(12)20-17(13)21/h5-8,19H,4H2,1-3H3,(H,20,21)(H,23,24). The topological polar surface area (TPSA) is 108 Å². The molecule has 0 bridgehead atoms. The normalized spacial score (nSPS) is 15.7. The Morgan fingerprint density at radius 1 is 1.35 bits per heavy atom. The van der Waals surface area contributed by atoms with E-state index >= 15 is 0 Å². The molecule has 2 aromatic rings. The van der Waals surface area contributed by atoms with Crippen molar-refractivity contribution in [2.45, 2.75) is 25.7 Å². The summed E-state index contributed by atoms with van der Waals surface area (Å²) in [6, 6.07) is 4.59. The highest BCUT2D eigenvalue weighted by atomic mass is 32.2. The predicted molar refractivity (Wildman–Crippen MR) is 98.2 cm³/mol. The van der Waals surface area contributed by atoms with Crippen LogP contribution in [0.3, 0.4) is 0 Å². The third-order valence-corrected chi connectivity index (χ3v) is 4.88. The van der Waals surface area contributed by atoms with Crippen LogP contribution in [0.1, 0.15) is 39.8 Å². The smallest absolute Gasteiger partial charge is 0.340 e. The molecule has 8 heteroatoms. The first-order valence-corrected chi connectivity index (χ1v) is 9.08. The number of nitrogens with one attached hydrogen (secondary N) is 2. The second kappa shape index (κ2) is 6.89. The number of esters is 1. The number of amides is 1. The fourth-order valence-corrected chi connectivity index (χ4v) is 3.39.